The molecule has 0 bridgehead atoms. The molecule has 1 saturated heterocycles. The van der Waals surface area contributed by atoms with E-state index >= 15 is 0 Å². The lowest BCUT2D eigenvalue weighted by molar-refractivity contribution is 0.155. The van der Waals surface area contributed by atoms with Gasteiger partial charge in [-0.15, -0.1) is 0 Å². The van der Waals surface area contributed by atoms with Crippen LogP contribution in [0, 0.1) is 19.8 Å². The summed E-state index contributed by atoms with van der Waals surface area (Å²) in [5.74, 6) is 2.32. The number of nitrogens with zero attached hydrogens (tertiary/aromatic N) is 3. The van der Waals surface area contributed by atoms with Gasteiger partial charge in [-0.1, -0.05) is 35.0 Å². The Morgan fingerprint density at radius 2 is 1.86 bits per heavy atom. The van der Waals surface area contributed by atoms with Crippen LogP contribution < -0.4 is 0 Å². The summed E-state index contributed by atoms with van der Waals surface area (Å²) in [6, 6.07) is 8.96. The van der Waals surface area contributed by atoms with Crippen molar-refractivity contribution in [2.45, 2.75) is 46.1 Å². The van der Waals surface area contributed by atoms with Gasteiger partial charge in [0, 0.05) is 0 Å². The van der Waals surface area contributed by atoms with Gasteiger partial charge in [-0.05, 0) is 64.1 Å². The molecule has 2 heterocycles. The Bertz CT molecular complexity index is 583. The molecule has 0 spiro atoms. The molecule has 0 aliphatic carbocycles. The maximum atomic E-state index is 5.21. The summed E-state index contributed by atoms with van der Waals surface area (Å²) in [4.78, 5) is 6.71. The number of rotatable bonds is 5. The minimum absolute atomic E-state index is 0.725. The third-order valence-corrected chi connectivity index (χ3v) is 4.60. The maximum Gasteiger partial charge on any atom is 0.240 e. The van der Waals surface area contributed by atoms with Gasteiger partial charge in [-0.2, -0.15) is 4.98 Å². The standard InChI is InChI=1S/C18H25N3O/c1-14-3-5-16(6-4-14)7-8-17-9-11-21(12-10-17)13-18-19-15(2)20-22-18/h3-6,17H,7-13H2,1-2H3. The molecular weight excluding hydrogens is 274 g/mol. The lowest BCUT2D eigenvalue weighted by atomic mass is 9.90. The zero-order valence-corrected chi connectivity index (χ0v) is 13.6. The van der Waals surface area contributed by atoms with Gasteiger partial charge in [0.05, 0.1) is 6.54 Å². The molecule has 0 atom stereocenters. The van der Waals surface area contributed by atoms with Gasteiger partial charge in [0.2, 0.25) is 5.89 Å². The summed E-state index contributed by atoms with van der Waals surface area (Å²) in [5, 5.41) is 3.85. The Kier molecular flexibility index (Phi) is 4.88. The fourth-order valence-corrected chi connectivity index (χ4v) is 3.15. The molecule has 0 amide bonds. The highest BCUT2D eigenvalue weighted by Crippen LogP contribution is 2.23. The van der Waals surface area contributed by atoms with Gasteiger partial charge in [0.15, 0.2) is 5.82 Å². The number of aromatic nitrogens is 2. The lowest BCUT2D eigenvalue weighted by Gasteiger charge is -2.30. The number of likely N-dealkylation sites (tertiary alicyclic amines) is 1. The van der Waals surface area contributed by atoms with Crippen LogP contribution in [0.4, 0.5) is 0 Å². The van der Waals surface area contributed by atoms with Crippen LogP contribution in [0.2, 0.25) is 0 Å². The monoisotopic (exact) mass is 299 g/mol. The molecule has 118 valence electrons. The van der Waals surface area contributed by atoms with Crippen LogP contribution >= 0.6 is 0 Å². The molecule has 4 heteroatoms. The molecule has 0 N–H and O–H groups in total. The van der Waals surface area contributed by atoms with Crippen LogP contribution in [0.15, 0.2) is 28.8 Å². The van der Waals surface area contributed by atoms with Crippen molar-refractivity contribution in [1.29, 1.82) is 0 Å². The summed E-state index contributed by atoms with van der Waals surface area (Å²) >= 11 is 0. The summed E-state index contributed by atoms with van der Waals surface area (Å²) in [6.45, 7) is 7.08. The average molecular weight is 299 g/mol. The van der Waals surface area contributed by atoms with Crippen LogP contribution in [0.5, 0.6) is 0 Å². The quantitative estimate of drug-likeness (QED) is 0.847. The number of hydrogen-bond acceptors (Lipinski definition) is 4. The molecule has 1 aliphatic heterocycles. The van der Waals surface area contributed by atoms with E-state index in [4.69, 9.17) is 4.52 Å². The van der Waals surface area contributed by atoms with E-state index in [0.29, 0.717) is 0 Å². The number of hydrogen-bond donors (Lipinski definition) is 0. The van der Waals surface area contributed by atoms with Crippen LogP contribution in [0.1, 0.15) is 42.1 Å². The summed E-state index contributed by atoms with van der Waals surface area (Å²) in [5.41, 5.74) is 2.81. The predicted molar refractivity (Wildman–Crippen MR) is 86.5 cm³/mol. The molecule has 3 rings (SSSR count). The van der Waals surface area contributed by atoms with Crippen molar-refractivity contribution in [3.05, 3.63) is 47.1 Å². The fraction of sp³-hybridized carbons (Fsp3) is 0.556. The third kappa shape index (κ3) is 4.17. The minimum atomic E-state index is 0.725. The molecule has 1 fully saturated rings. The zero-order valence-electron chi connectivity index (χ0n) is 13.6. The molecule has 0 saturated carbocycles. The first-order valence-corrected chi connectivity index (χ1v) is 8.26. The first-order chi connectivity index (χ1) is 10.7. The first-order valence-electron chi connectivity index (χ1n) is 8.26. The molecule has 1 aliphatic rings. The molecule has 0 radical (unpaired) electrons. The van der Waals surface area contributed by atoms with Crippen LogP contribution in [0.25, 0.3) is 0 Å². The Morgan fingerprint density at radius 1 is 1.14 bits per heavy atom. The minimum Gasteiger partial charge on any atom is -0.338 e. The van der Waals surface area contributed by atoms with Crippen molar-refractivity contribution in [3.8, 4) is 0 Å². The molecule has 4 nitrogen and oxygen atoms in total. The second kappa shape index (κ2) is 7.05. The van der Waals surface area contributed by atoms with Crippen molar-refractivity contribution in [2.75, 3.05) is 13.1 Å². The van der Waals surface area contributed by atoms with E-state index in [1.165, 1.54) is 36.8 Å². The molecule has 1 aromatic carbocycles. The van der Waals surface area contributed by atoms with Gasteiger partial charge in [0.25, 0.3) is 0 Å². The van der Waals surface area contributed by atoms with Crippen LogP contribution in [-0.2, 0) is 13.0 Å². The smallest absolute Gasteiger partial charge is 0.240 e. The Labute approximate surface area is 132 Å². The topological polar surface area (TPSA) is 42.2 Å². The van der Waals surface area contributed by atoms with Crippen molar-refractivity contribution in [2.24, 2.45) is 5.92 Å². The molecule has 0 unspecified atom stereocenters. The van der Waals surface area contributed by atoms with Gasteiger partial charge >= 0.3 is 0 Å². The maximum absolute atomic E-state index is 5.21. The first kappa shape index (κ1) is 15.2. The van der Waals surface area contributed by atoms with Gasteiger partial charge in [-0.3, -0.25) is 4.90 Å². The van der Waals surface area contributed by atoms with Crippen molar-refractivity contribution < 1.29 is 4.52 Å². The van der Waals surface area contributed by atoms with Gasteiger partial charge in [-0.25, -0.2) is 0 Å². The number of benzene rings is 1. The molecule has 22 heavy (non-hydrogen) atoms. The number of piperidine rings is 1. The normalized spacial score (nSPS) is 17.0. The van der Waals surface area contributed by atoms with Crippen molar-refractivity contribution in [3.63, 3.8) is 0 Å². The molecule has 2 aromatic rings. The Morgan fingerprint density at radius 3 is 2.50 bits per heavy atom. The van der Waals surface area contributed by atoms with Gasteiger partial charge < -0.3 is 4.52 Å². The largest absolute Gasteiger partial charge is 0.338 e. The van der Waals surface area contributed by atoms with Gasteiger partial charge in [0.1, 0.15) is 0 Å². The van der Waals surface area contributed by atoms with Crippen molar-refractivity contribution in [1.82, 2.24) is 15.0 Å². The average Bonchev–Trinajstić information content (AvgIpc) is 2.93. The highest BCUT2D eigenvalue weighted by Gasteiger charge is 2.20. The summed E-state index contributed by atoms with van der Waals surface area (Å²) in [6.07, 6.45) is 5.06. The SMILES string of the molecule is Cc1ccc(CCC2CCN(Cc3nc(C)no3)CC2)cc1. The van der Waals surface area contributed by atoms with E-state index in [1.54, 1.807) is 0 Å². The van der Waals surface area contributed by atoms with E-state index < -0.39 is 0 Å². The fourth-order valence-electron chi connectivity index (χ4n) is 3.15. The third-order valence-electron chi connectivity index (χ3n) is 4.60. The summed E-state index contributed by atoms with van der Waals surface area (Å²) < 4.78 is 5.21. The van der Waals surface area contributed by atoms with E-state index in [-0.39, 0.29) is 0 Å². The van der Waals surface area contributed by atoms with E-state index in [2.05, 4.69) is 46.2 Å². The summed E-state index contributed by atoms with van der Waals surface area (Å²) in [7, 11) is 0. The Hall–Kier alpha value is -1.68. The van der Waals surface area contributed by atoms with Crippen molar-refractivity contribution >= 4 is 0 Å². The van der Waals surface area contributed by atoms with E-state index in [0.717, 1.165) is 37.3 Å². The Balaban J connectivity index is 1.41. The van der Waals surface area contributed by atoms with E-state index in [1.807, 2.05) is 6.92 Å². The van der Waals surface area contributed by atoms with E-state index in [9.17, 15) is 0 Å². The molecule has 1 aromatic heterocycles. The number of aryl methyl sites for hydroxylation is 3. The predicted octanol–water partition coefficient (Wildman–Crippen LogP) is 3.53. The highest BCUT2D eigenvalue weighted by atomic mass is 16.5. The van der Waals surface area contributed by atoms with Crippen LogP contribution in [0.3, 0.4) is 0 Å². The second-order valence-corrected chi connectivity index (χ2v) is 6.48. The molecular formula is C18H25N3O. The second-order valence-electron chi connectivity index (χ2n) is 6.48. The lowest BCUT2D eigenvalue weighted by Crippen LogP contribution is -2.33. The zero-order chi connectivity index (χ0) is 15.4. The van der Waals surface area contributed by atoms with Crippen LogP contribution in [-0.4, -0.2) is 28.1 Å². The highest BCUT2D eigenvalue weighted by molar-refractivity contribution is 5.21.